The van der Waals surface area contributed by atoms with E-state index in [-0.39, 0.29) is 18.2 Å². The minimum atomic E-state index is -0.519. The Morgan fingerprint density at radius 3 is 2.62 bits per heavy atom. The van der Waals surface area contributed by atoms with Gasteiger partial charge in [0.05, 0.1) is 5.56 Å². The van der Waals surface area contributed by atoms with Gasteiger partial charge in [0.15, 0.2) is 0 Å². The van der Waals surface area contributed by atoms with Crippen molar-refractivity contribution in [3.05, 3.63) is 76.8 Å². The van der Waals surface area contributed by atoms with Crippen molar-refractivity contribution < 1.29 is 18.4 Å². The molecule has 32 heavy (non-hydrogen) atoms. The number of amides is 2. The fourth-order valence-electron chi connectivity index (χ4n) is 4.03. The van der Waals surface area contributed by atoms with Crippen molar-refractivity contribution in [1.29, 1.82) is 0 Å². The Balaban J connectivity index is 1.98. The van der Waals surface area contributed by atoms with Crippen LogP contribution in [-0.2, 0) is 6.42 Å². The van der Waals surface area contributed by atoms with Gasteiger partial charge in [-0.2, -0.15) is 0 Å². The SMILES string of the molecule is CNC(=O)c1c(C2=CC=C(F)CC2)oc2cc(CCN)c(-c3cccc(C(N)=O)c3)cc12. The second kappa shape index (κ2) is 8.80. The van der Waals surface area contributed by atoms with Gasteiger partial charge in [0, 0.05) is 24.4 Å². The van der Waals surface area contributed by atoms with Gasteiger partial charge in [0.25, 0.3) is 5.91 Å². The standard InChI is InChI=1S/C25H24FN3O3/c1-29-25(31)22-20-13-19(15-3-2-4-17(11-15)24(28)30)16(9-10-27)12-21(20)32-23(22)14-5-7-18(26)8-6-14/h2-5,7,11-13H,6,8-10,27H2,1H3,(H2,28,30)(H,29,31). The highest BCUT2D eigenvalue weighted by Gasteiger charge is 2.25. The molecule has 2 aromatic carbocycles. The number of rotatable bonds is 6. The van der Waals surface area contributed by atoms with Gasteiger partial charge in [0.2, 0.25) is 5.91 Å². The van der Waals surface area contributed by atoms with Crippen LogP contribution in [0.4, 0.5) is 4.39 Å². The molecular weight excluding hydrogens is 409 g/mol. The molecule has 1 heterocycles. The summed E-state index contributed by atoms with van der Waals surface area (Å²) in [5.74, 6) is -0.578. The first-order valence-corrected chi connectivity index (χ1v) is 10.4. The third kappa shape index (κ3) is 3.94. The van der Waals surface area contributed by atoms with E-state index in [0.29, 0.717) is 47.2 Å². The zero-order valence-electron chi connectivity index (χ0n) is 17.7. The zero-order valence-corrected chi connectivity index (χ0v) is 17.7. The average Bonchev–Trinajstić information content (AvgIpc) is 3.17. The van der Waals surface area contributed by atoms with Crippen molar-refractivity contribution in [3.8, 4) is 11.1 Å². The van der Waals surface area contributed by atoms with Crippen molar-refractivity contribution in [1.82, 2.24) is 5.32 Å². The number of carbonyl (C=O) groups is 2. The Morgan fingerprint density at radius 1 is 1.16 bits per heavy atom. The molecule has 0 spiro atoms. The van der Waals surface area contributed by atoms with Crippen molar-refractivity contribution in [2.75, 3.05) is 13.6 Å². The summed E-state index contributed by atoms with van der Waals surface area (Å²) in [5.41, 5.74) is 16.0. The van der Waals surface area contributed by atoms with Gasteiger partial charge in [-0.1, -0.05) is 18.2 Å². The highest BCUT2D eigenvalue weighted by atomic mass is 19.1. The van der Waals surface area contributed by atoms with E-state index >= 15 is 0 Å². The first-order valence-electron chi connectivity index (χ1n) is 10.4. The number of hydrogen-bond acceptors (Lipinski definition) is 4. The molecule has 0 atom stereocenters. The minimum Gasteiger partial charge on any atom is -0.456 e. The van der Waals surface area contributed by atoms with Gasteiger partial charge in [-0.3, -0.25) is 9.59 Å². The number of carbonyl (C=O) groups excluding carboxylic acids is 2. The number of nitrogens with two attached hydrogens (primary N) is 2. The number of primary amides is 1. The van der Waals surface area contributed by atoms with Crippen molar-refractivity contribution in [2.45, 2.75) is 19.3 Å². The molecule has 6 nitrogen and oxygen atoms in total. The molecule has 4 rings (SSSR count). The number of fused-ring (bicyclic) bond motifs is 1. The van der Waals surface area contributed by atoms with Gasteiger partial charge >= 0.3 is 0 Å². The van der Waals surface area contributed by atoms with Crippen LogP contribution in [0, 0.1) is 0 Å². The van der Waals surface area contributed by atoms with E-state index < -0.39 is 5.91 Å². The predicted molar refractivity (Wildman–Crippen MR) is 123 cm³/mol. The lowest BCUT2D eigenvalue weighted by Crippen LogP contribution is -2.19. The number of halogens is 1. The van der Waals surface area contributed by atoms with Crippen LogP contribution in [0.1, 0.15) is 44.9 Å². The molecule has 1 aliphatic carbocycles. The Kier molecular flexibility index (Phi) is 5.92. The summed E-state index contributed by atoms with van der Waals surface area (Å²) in [6, 6.07) is 10.8. The maximum absolute atomic E-state index is 13.5. The third-order valence-corrected chi connectivity index (χ3v) is 5.63. The summed E-state index contributed by atoms with van der Waals surface area (Å²) >= 11 is 0. The maximum atomic E-state index is 13.5. The number of nitrogens with one attached hydrogen (secondary N) is 1. The van der Waals surface area contributed by atoms with E-state index in [1.807, 2.05) is 18.2 Å². The molecule has 0 radical (unpaired) electrons. The van der Waals surface area contributed by atoms with E-state index in [1.54, 1.807) is 31.3 Å². The summed E-state index contributed by atoms with van der Waals surface area (Å²) in [5, 5.41) is 3.31. The summed E-state index contributed by atoms with van der Waals surface area (Å²) in [7, 11) is 1.56. The third-order valence-electron chi connectivity index (χ3n) is 5.63. The van der Waals surface area contributed by atoms with Gasteiger partial charge < -0.3 is 21.2 Å². The first kappa shape index (κ1) is 21.5. The molecule has 0 saturated carbocycles. The van der Waals surface area contributed by atoms with Gasteiger partial charge in [-0.15, -0.1) is 0 Å². The van der Waals surface area contributed by atoms with Crippen LogP contribution in [0.25, 0.3) is 27.7 Å². The molecule has 1 aliphatic rings. The molecule has 0 aliphatic heterocycles. The van der Waals surface area contributed by atoms with Crippen molar-refractivity contribution >= 4 is 28.4 Å². The lowest BCUT2D eigenvalue weighted by Gasteiger charge is -2.11. The Morgan fingerprint density at radius 2 is 1.97 bits per heavy atom. The summed E-state index contributed by atoms with van der Waals surface area (Å²) in [6.07, 6.45) is 4.34. The molecule has 1 aromatic heterocycles. The lowest BCUT2D eigenvalue weighted by molar-refractivity contribution is 0.0961. The zero-order chi connectivity index (χ0) is 22.8. The molecule has 0 fully saturated rings. The molecule has 7 heteroatoms. The van der Waals surface area contributed by atoms with E-state index in [2.05, 4.69) is 5.32 Å². The van der Waals surface area contributed by atoms with Gasteiger partial charge in [0.1, 0.15) is 17.2 Å². The molecule has 0 unspecified atom stereocenters. The largest absolute Gasteiger partial charge is 0.456 e. The fraction of sp³-hybridized carbons (Fsp3) is 0.200. The number of benzene rings is 2. The van der Waals surface area contributed by atoms with Crippen LogP contribution in [0.2, 0.25) is 0 Å². The fourth-order valence-corrected chi connectivity index (χ4v) is 4.03. The van der Waals surface area contributed by atoms with Crippen LogP contribution in [0.5, 0.6) is 0 Å². The summed E-state index contributed by atoms with van der Waals surface area (Å²) < 4.78 is 19.7. The van der Waals surface area contributed by atoms with Crippen LogP contribution in [-0.4, -0.2) is 25.4 Å². The maximum Gasteiger partial charge on any atom is 0.255 e. The van der Waals surface area contributed by atoms with E-state index in [9.17, 15) is 14.0 Å². The van der Waals surface area contributed by atoms with Crippen LogP contribution in [0.3, 0.4) is 0 Å². The molecule has 5 N–H and O–H groups in total. The summed E-state index contributed by atoms with van der Waals surface area (Å²) in [4.78, 5) is 24.5. The van der Waals surface area contributed by atoms with Crippen LogP contribution < -0.4 is 16.8 Å². The molecular formula is C25H24FN3O3. The van der Waals surface area contributed by atoms with E-state index in [4.69, 9.17) is 15.9 Å². The summed E-state index contributed by atoms with van der Waals surface area (Å²) in [6.45, 7) is 0.416. The van der Waals surface area contributed by atoms with Crippen LogP contribution in [0.15, 0.2) is 58.8 Å². The minimum absolute atomic E-state index is 0.201. The van der Waals surface area contributed by atoms with Gasteiger partial charge in [-0.05, 0) is 72.0 Å². The van der Waals surface area contributed by atoms with Crippen molar-refractivity contribution in [3.63, 3.8) is 0 Å². The Bertz CT molecular complexity index is 1290. The quantitative estimate of drug-likeness (QED) is 0.544. The Labute approximate surface area is 184 Å². The van der Waals surface area contributed by atoms with E-state index in [0.717, 1.165) is 22.3 Å². The molecule has 0 bridgehead atoms. The molecule has 0 saturated heterocycles. The number of allylic oxidation sites excluding steroid dienone is 4. The monoisotopic (exact) mass is 433 g/mol. The van der Waals surface area contributed by atoms with Crippen molar-refractivity contribution in [2.24, 2.45) is 11.5 Å². The highest BCUT2D eigenvalue weighted by molar-refractivity contribution is 6.11. The molecule has 2 amide bonds. The second-order valence-corrected chi connectivity index (χ2v) is 7.68. The van der Waals surface area contributed by atoms with E-state index in [1.165, 1.54) is 6.08 Å². The Hall–Kier alpha value is -3.71. The number of hydrogen-bond donors (Lipinski definition) is 3. The molecule has 164 valence electrons. The van der Waals surface area contributed by atoms with Crippen LogP contribution >= 0.6 is 0 Å². The van der Waals surface area contributed by atoms with Gasteiger partial charge in [-0.25, -0.2) is 4.39 Å². The molecule has 3 aromatic rings. The average molecular weight is 433 g/mol. The predicted octanol–water partition coefficient (Wildman–Crippen LogP) is 4.09. The smallest absolute Gasteiger partial charge is 0.255 e. The number of furan rings is 1. The lowest BCUT2D eigenvalue weighted by atomic mass is 9.92. The second-order valence-electron chi connectivity index (χ2n) is 7.68. The normalized spacial score (nSPS) is 13.6. The highest BCUT2D eigenvalue weighted by Crippen LogP contribution is 2.38. The first-order chi connectivity index (χ1) is 15.4. The topological polar surface area (TPSA) is 111 Å².